The van der Waals surface area contributed by atoms with E-state index in [2.05, 4.69) is 20.8 Å². The van der Waals surface area contributed by atoms with Crippen molar-refractivity contribution in [3.05, 3.63) is 48.0 Å². The zero-order valence-electron chi connectivity index (χ0n) is 14.5. The smallest absolute Gasteiger partial charge is 0.338 e. The van der Waals surface area contributed by atoms with E-state index < -0.39 is 0 Å². The normalized spacial score (nSPS) is 12.5. The summed E-state index contributed by atoms with van der Waals surface area (Å²) in [7, 11) is 0. The largest absolute Gasteiger partial charge is 0.462 e. The van der Waals surface area contributed by atoms with Gasteiger partial charge in [-0.25, -0.2) is 4.79 Å². The molecule has 0 aromatic heterocycles. The molecule has 2 aromatic carbocycles. The van der Waals surface area contributed by atoms with Crippen LogP contribution in [0, 0.1) is 11.8 Å². The quantitative estimate of drug-likeness (QED) is 0.572. The second kappa shape index (κ2) is 8.71. The van der Waals surface area contributed by atoms with E-state index in [0.29, 0.717) is 18.1 Å². The summed E-state index contributed by atoms with van der Waals surface area (Å²) in [5, 5.41) is 2.21. The average Bonchev–Trinajstić information content (AvgIpc) is 2.54. The standard InChI is InChI=1S/C21H28O2/c1-16(2)7-6-8-17(3)13-14-23-21(22)20-12-11-18-9-4-5-10-19(18)15-20/h4-5,9-12,15-17H,6-8,13-14H2,1-3H3. The number of hydrogen-bond donors (Lipinski definition) is 0. The number of carbonyl (C=O) groups is 1. The summed E-state index contributed by atoms with van der Waals surface area (Å²) in [5.74, 6) is 1.16. The predicted molar refractivity (Wildman–Crippen MR) is 96.7 cm³/mol. The molecule has 0 spiro atoms. The molecule has 2 rings (SSSR count). The van der Waals surface area contributed by atoms with Gasteiger partial charge in [0.05, 0.1) is 12.2 Å². The molecule has 0 aliphatic heterocycles. The highest BCUT2D eigenvalue weighted by Crippen LogP contribution is 2.18. The van der Waals surface area contributed by atoms with E-state index in [0.717, 1.165) is 23.1 Å². The summed E-state index contributed by atoms with van der Waals surface area (Å²) in [6.45, 7) is 7.27. The van der Waals surface area contributed by atoms with Gasteiger partial charge in [-0.05, 0) is 41.2 Å². The lowest BCUT2D eigenvalue weighted by atomic mass is 9.98. The van der Waals surface area contributed by atoms with Crippen LogP contribution in [0.4, 0.5) is 0 Å². The van der Waals surface area contributed by atoms with Crippen LogP contribution in [0.25, 0.3) is 10.8 Å². The first-order valence-electron chi connectivity index (χ1n) is 8.72. The van der Waals surface area contributed by atoms with Crippen LogP contribution in [-0.4, -0.2) is 12.6 Å². The third-order valence-electron chi connectivity index (χ3n) is 4.31. The second-order valence-corrected chi connectivity index (χ2v) is 6.92. The van der Waals surface area contributed by atoms with Crippen LogP contribution in [-0.2, 0) is 4.74 Å². The topological polar surface area (TPSA) is 26.3 Å². The Kier molecular flexibility index (Phi) is 6.64. The van der Waals surface area contributed by atoms with Gasteiger partial charge in [-0.2, -0.15) is 0 Å². The summed E-state index contributed by atoms with van der Waals surface area (Å²) >= 11 is 0. The molecule has 0 fully saturated rings. The van der Waals surface area contributed by atoms with Gasteiger partial charge in [0.1, 0.15) is 0 Å². The lowest BCUT2D eigenvalue weighted by Crippen LogP contribution is -2.09. The van der Waals surface area contributed by atoms with E-state index in [1.165, 1.54) is 19.3 Å². The third-order valence-corrected chi connectivity index (χ3v) is 4.31. The maximum absolute atomic E-state index is 12.2. The molecule has 0 N–H and O–H groups in total. The zero-order chi connectivity index (χ0) is 16.7. The Hall–Kier alpha value is -1.83. The van der Waals surface area contributed by atoms with Crippen LogP contribution >= 0.6 is 0 Å². The van der Waals surface area contributed by atoms with Gasteiger partial charge in [-0.1, -0.05) is 70.4 Å². The monoisotopic (exact) mass is 312 g/mol. The molecule has 0 aliphatic carbocycles. The molecule has 0 aliphatic rings. The van der Waals surface area contributed by atoms with Crippen LogP contribution in [0.3, 0.4) is 0 Å². The van der Waals surface area contributed by atoms with E-state index in [-0.39, 0.29) is 5.97 Å². The van der Waals surface area contributed by atoms with Crippen molar-refractivity contribution in [2.24, 2.45) is 11.8 Å². The van der Waals surface area contributed by atoms with Gasteiger partial charge in [0.15, 0.2) is 0 Å². The average molecular weight is 312 g/mol. The Bertz CT molecular complexity index is 631. The minimum Gasteiger partial charge on any atom is -0.462 e. The van der Waals surface area contributed by atoms with Crippen molar-refractivity contribution in [2.75, 3.05) is 6.61 Å². The molecule has 1 unspecified atom stereocenters. The van der Waals surface area contributed by atoms with Gasteiger partial charge >= 0.3 is 5.97 Å². The van der Waals surface area contributed by atoms with Gasteiger partial charge in [-0.3, -0.25) is 0 Å². The Morgan fingerprint density at radius 3 is 2.43 bits per heavy atom. The number of carbonyl (C=O) groups excluding carboxylic acids is 1. The van der Waals surface area contributed by atoms with Gasteiger partial charge in [0.2, 0.25) is 0 Å². The SMILES string of the molecule is CC(C)CCCC(C)CCOC(=O)c1ccc2ccccc2c1. The maximum atomic E-state index is 12.2. The molecule has 2 aromatic rings. The minimum atomic E-state index is -0.217. The minimum absolute atomic E-state index is 0.217. The first kappa shape index (κ1) is 17.5. The van der Waals surface area contributed by atoms with Gasteiger partial charge in [0.25, 0.3) is 0 Å². The molecule has 2 nitrogen and oxygen atoms in total. The van der Waals surface area contributed by atoms with Crippen LogP contribution in [0.2, 0.25) is 0 Å². The Labute approximate surface area is 139 Å². The van der Waals surface area contributed by atoms with Crippen LogP contribution in [0.5, 0.6) is 0 Å². The van der Waals surface area contributed by atoms with Gasteiger partial charge < -0.3 is 4.74 Å². The van der Waals surface area contributed by atoms with E-state index in [1.807, 2.05) is 42.5 Å². The van der Waals surface area contributed by atoms with Crippen molar-refractivity contribution in [2.45, 2.75) is 46.5 Å². The lowest BCUT2D eigenvalue weighted by Gasteiger charge is -2.12. The molecule has 0 saturated carbocycles. The third kappa shape index (κ3) is 5.70. The molecule has 2 heteroatoms. The van der Waals surface area contributed by atoms with Crippen LogP contribution in [0.15, 0.2) is 42.5 Å². The molecule has 1 atom stereocenters. The number of hydrogen-bond acceptors (Lipinski definition) is 2. The van der Waals surface area contributed by atoms with E-state index >= 15 is 0 Å². The number of rotatable bonds is 8. The number of esters is 1. The van der Waals surface area contributed by atoms with Crippen molar-refractivity contribution < 1.29 is 9.53 Å². The molecule has 0 amide bonds. The van der Waals surface area contributed by atoms with Crippen molar-refractivity contribution >= 4 is 16.7 Å². The highest BCUT2D eigenvalue weighted by atomic mass is 16.5. The summed E-state index contributed by atoms with van der Waals surface area (Å²) in [5.41, 5.74) is 0.635. The van der Waals surface area contributed by atoms with Crippen molar-refractivity contribution in [3.8, 4) is 0 Å². The molecule has 0 bridgehead atoms. The van der Waals surface area contributed by atoms with E-state index in [4.69, 9.17) is 4.74 Å². The fourth-order valence-electron chi connectivity index (χ4n) is 2.77. The first-order chi connectivity index (χ1) is 11.1. The van der Waals surface area contributed by atoms with Crippen molar-refractivity contribution in [1.82, 2.24) is 0 Å². The predicted octanol–water partition coefficient (Wildman–Crippen LogP) is 5.85. The Balaban J connectivity index is 1.77. The molecular weight excluding hydrogens is 284 g/mol. The summed E-state index contributed by atoms with van der Waals surface area (Å²) < 4.78 is 5.44. The van der Waals surface area contributed by atoms with E-state index in [9.17, 15) is 4.79 Å². The highest BCUT2D eigenvalue weighted by Gasteiger charge is 2.09. The zero-order valence-corrected chi connectivity index (χ0v) is 14.5. The fourth-order valence-corrected chi connectivity index (χ4v) is 2.77. The lowest BCUT2D eigenvalue weighted by molar-refractivity contribution is 0.0484. The van der Waals surface area contributed by atoms with Gasteiger partial charge in [0, 0.05) is 0 Å². The van der Waals surface area contributed by atoms with Crippen molar-refractivity contribution in [1.29, 1.82) is 0 Å². The second-order valence-electron chi connectivity index (χ2n) is 6.92. The maximum Gasteiger partial charge on any atom is 0.338 e. The van der Waals surface area contributed by atoms with E-state index in [1.54, 1.807) is 0 Å². The summed E-state index contributed by atoms with van der Waals surface area (Å²) in [6.07, 6.45) is 4.70. The molecule has 124 valence electrons. The number of fused-ring (bicyclic) bond motifs is 1. The van der Waals surface area contributed by atoms with Crippen molar-refractivity contribution in [3.63, 3.8) is 0 Å². The van der Waals surface area contributed by atoms with Crippen LogP contribution < -0.4 is 0 Å². The summed E-state index contributed by atoms with van der Waals surface area (Å²) in [4.78, 5) is 12.2. The molecular formula is C21H28O2. The first-order valence-corrected chi connectivity index (χ1v) is 8.72. The summed E-state index contributed by atoms with van der Waals surface area (Å²) in [6, 6.07) is 13.8. The van der Waals surface area contributed by atoms with Crippen LogP contribution in [0.1, 0.15) is 56.8 Å². The Morgan fingerprint density at radius 1 is 0.957 bits per heavy atom. The highest BCUT2D eigenvalue weighted by molar-refractivity contribution is 5.95. The fraction of sp³-hybridized carbons (Fsp3) is 0.476. The van der Waals surface area contributed by atoms with Gasteiger partial charge in [-0.15, -0.1) is 0 Å². The molecule has 23 heavy (non-hydrogen) atoms. The number of ether oxygens (including phenoxy) is 1. The Morgan fingerprint density at radius 2 is 1.70 bits per heavy atom. The molecule has 0 heterocycles. The molecule has 0 radical (unpaired) electrons. The molecule has 0 saturated heterocycles. The number of benzene rings is 2.